The Labute approximate surface area is 122 Å². The van der Waals surface area contributed by atoms with E-state index in [2.05, 4.69) is 27.7 Å². The topological polar surface area (TPSA) is 9.23 Å². The maximum atomic E-state index is 6.46. The van der Waals surface area contributed by atoms with Crippen LogP contribution in [0.4, 0.5) is 0 Å². The molecule has 0 unspecified atom stereocenters. The summed E-state index contributed by atoms with van der Waals surface area (Å²) < 4.78 is 6.46. The SMILES string of the molecule is CCCCP(CCCC)(CCCC)(CCCC)OC. The molecule has 0 N–H and O–H groups in total. The van der Waals surface area contributed by atoms with Gasteiger partial charge in [-0.2, -0.15) is 0 Å². The third-order valence-corrected chi connectivity index (χ3v) is 11.6. The molecule has 118 valence electrons. The van der Waals surface area contributed by atoms with Crippen LogP contribution in [0, 0.1) is 0 Å². The maximum absolute atomic E-state index is 6.46. The summed E-state index contributed by atoms with van der Waals surface area (Å²) in [6, 6.07) is 0. The fourth-order valence-electron chi connectivity index (χ4n) is 3.27. The minimum atomic E-state index is -1.89. The molecule has 0 aromatic carbocycles. The zero-order chi connectivity index (χ0) is 14.6. The van der Waals surface area contributed by atoms with Crippen molar-refractivity contribution in [3.8, 4) is 0 Å². The predicted octanol–water partition coefficient (Wildman–Crippen LogP) is 6.30. The van der Waals surface area contributed by atoms with Crippen LogP contribution in [0.5, 0.6) is 0 Å². The van der Waals surface area contributed by atoms with Crippen LogP contribution in [0.1, 0.15) is 79.1 Å². The van der Waals surface area contributed by atoms with Crippen molar-refractivity contribution in [1.29, 1.82) is 0 Å². The second-order valence-electron chi connectivity index (χ2n) is 6.35. The van der Waals surface area contributed by atoms with E-state index in [1.165, 1.54) is 76.0 Å². The molecule has 0 aliphatic rings. The van der Waals surface area contributed by atoms with Crippen LogP contribution < -0.4 is 0 Å². The predicted molar refractivity (Wildman–Crippen MR) is 93.0 cm³/mol. The average molecular weight is 290 g/mol. The molecule has 0 aliphatic carbocycles. The van der Waals surface area contributed by atoms with Crippen LogP contribution in [0.15, 0.2) is 0 Å². The van der Waals surface area contributed by atoms with Crippen molar-refractivity contribution >= 4 is 6.83 Å². The third-order valence-electron chi connectivity index (χ3n) is 4.83. The van der Waals surface area contributed by atoms with Crippen molar-refractivity contribution in [3.05, 3.63) is 0 Å². The molecule has 0 aliphatic heterocycles. The van der Waals surface area contributed by atoms with Gasteiger partial charge in [-0.1, -0.05) is 0 Å². The molecule has 0 fully saturated rings. The number of hydrogen-bond acceptors (Lipinski definition) is 1. The molecular formula is C17H39OP. The Balaban J connectivity index is 5.10. The first-order chi connectivity index (χ1) is 9.12. The molecule has 0 amide bonds. The molecule has 0 rings (SSSR count). The Morgan fingerprint density at radius 3 is 1.00 bits per heavy atom. The van der Waals surface area contributed by atoms with Gasteiger partial charge in [0.05, 0.1) is 0 Å². The molecule has 1 nitrogen and oxygen atoms in total. The first kappa shape index (κ1) is 19.4. The van der Waals surface area contributed by atoms with Crippen LogP contribution >= 0.6 is 6.83 Å². The van der Waals surface area contributed by atoms with Gasteiger partial charge in [-0.15, -0.1) is 0 Å². The summed E-state index contributed by atoms with van der Waals surface area (Å²) in [5, 5.41) is 0. The van der Waals surface area contributed by atoms with E-state index in [0.717, 1.165) is 0 Å². The van der Waals surface area contributed by atoms with Crippen LogP contribution in [-0.2, 0) is 4.52 Å². The molecule has 19 heavy (non-hydrogen) atoms. The Morgan fingerprint density at radius 1 is 0.579 bits per heavy atom. The van der Waals surface area contributed by atoms with Crippen molar-refractivity contribution in [2.24, 2.45) is 0 Å². The first-order valence-corrected chi connectivity index (χ1v) is 11.6. The van der Waals surface area contributed by atoms with Gasteiger partial charge in [0.15, 0.2) is 0 Å². The van der Waals surface area contributed by atoms with Crippen molar-refractivity contribution in [3.63, 3.8) is 0 Å². The second kappa shape index (κ2) is 10.2. The molecular weight excluding hydrogens is 251 g/mol. The number of unbranched alkanes of at least 4 members (excludes halogenated alkanes) is 4. The van der Waals surface area contributed by atoms with E-state index in [-0.39, 0.29) is 0 Å². The Kier molecular flexibility index (Phi) is 10.4. The molecule has 0 saturated heterocycles. The van der Waals surface area contributed by atoms with E-state index in [1.54, 1.807) is 0 Å². The van der Waals surface area contributed by atoms with E-state index in [4.69, 9.17) is 4.52 Å². The van der Waals surface area contributed by atoms with Crippen molar-refractivity contribution in [2.45, 2.75) is 79.1 Å². The van der Waals surface area contributed by atoms with Crippen molar-refractivity contribution in [2.75, 3.05) is 31.8 Å². The van der Waals surface area contributed by atoms with Gasteiger partial charge in [0.2, 0.25) is 0 Å². The summed E-state index contributed by atoms with van der Waals surface area (Å²) in [7, 11) is 2.04. The second-order valence-corrected chi connectivity index (χ2v) is 12.2. The van der Waals surface area contributed by atoms with E-state index >= 15 is 0 Å². The van der Waals surface area contributed by atoms with Crippen LogP contribution in [0.3, 0.4) is 0 Å². The van der Waals surface area contributed by atoms with Gasteiger partial charge in [-0.3, -0.25) is 0 Å². The summed E-state index contributed by atoms with van der Waals surface area (Å²) >= 11 is 0. The molecule has 0 aromatic heterocycles. The fourth-order valence-corrected chi connectivity index (χ4v) is 9.80. The van der Waals surface area contributed by atoms with Gasteiger partial charge in [0.25, 0.3) is 0 Å². The molecule has 0 spiro atoms. The molecule has 2 heteroatoms. The minimum absolute atomic E-state index is 1.31. The Bertz CT molecular complexity index is 172. The molecule has 0 heterocycles. The van der Waals surface area contributed by atoms with E-state index in [9.17, 15) is 0 Å². The van der Waals surface area contributed by atoms with Crippen LogP contribution in [0.2, 0.25) is 0 Å². The monoisotopic (exact) mass is 290 g/mol. The Hall–Kier alpha value is 0.390. The normalized spacial score (nSPS) is 14.3. The standard InChI is InChI=1S/C17H39OP/c1-6-10-14-19(18-5,15-11-7-2,16-12-8-3)17-13-9-4/h6-17H2,1-5H3. The van der Waals surface area contributed by atoms with Crippen LogP contribution in [-0.4, -0.2) is 31.8 Å². The fraction of sp³-hybridized carbons (Fsp3) is 1.00. The van der Waals surface area contributed by atoms with E-state index in [1.807, 2.05) is 7.11 Å². The molecule has 0 saturated carbocycles. The van der Waals surface area contributed by atoms with Gasteiger partial charge in [-0.05, 0) is 0 Å². The van der Waals surface area contributed by atoms with Crippen molar-refractivity contribution < 1.29 is 4.52 Å². The Morgan fingerprint density at radius 2 is 0.842 bits per heavy atom. The third kappa shape index (κ3) is 6.13. The van der Waals surface area contributed by atoms with E-state index < -0.39 is 6.83 Å². The number of rotatable bonds is 13. The van der Waals surface area contributed by atoms with Gasteiger partial charge in [0.1, 0.15) is 0 Å². The summed E-state index contributed by atoms with van der Waals surface area (Å²) in [5.74, 6) is 0. The van der Waals surface area contributed by atoms with E-state index in [0.29, 0.717) is 0 Å². The van der Waals surface area contributed by atoms with Gasteiger partial charge in [0, 0.05) is 0 Å². The summed E-state index contributed by atoms with van der Waals surface area (Å²) in [5.41, 5.74) is 0. The van der Waals surface area contributed by atoms with Crippen molar-refractivity contribution in [1.82, 2.24) is 0 Å². The molecule has 0 aromatic rings. The van der Waals surface area contributed by atoms with Gasteiger partial charge >= 0.3 is 122 Å². The van der Waals surface area contributed by atoms with Gasteiger partial charge < -0.3 is 0 Å². The molecule has 0 atom stereocenters. The number of hydrogen-bond donors (Lipinski definition) is 0. The quantitative estimate of drug-likeness (QED) is 0.362. The molecule has 0 radical (unpaired) electrons. The summed E-state index contributed by atoms with van der Waals surface area (Å²) in [4.78, 5) is 0. The van der Waals surface area contributed by atoms with Crippen LogP contribution in [0.25, 0.3) is 0 Å². The van der Waals surface area contributed by atoms with Gasteiger partial charge in [-0.25, -0.2) is 0 Å². The molecule has 0 bridgehead atoms. The zero-order valence-corrected chi connectivity index (χ0v) is 15.2. The average Bonchev–Trinajstić information content (AvgIpc) is 2.47. The first-order valence-electron chi connectivity index (χ1n) is 8.68. The zero-order valence-electron chi connectivity index (χ0n) is 14.3. The summed E-state index contributed by atoms with van der Waals surface area (Å²) in [6.07, 6.45) is 16.3. The summed E-state index contributed by atoms with van der Waals surface area (Å²) in [6.45, 7) is 7.39.